The molecular formula is C17H22ClNS. The molecule has 20 heavy (non-hydrogen) atoms. The molecule has 0 saturated heterocycles. The summed E-state index contributed by atoms with van der Waals surface area (Å²) in [4.78, 5) is 2.95. The SMILES string of the molecule is CCc1ccc(CC(CNC)Cc2ccccc2Cl)s1. The van der Waals surface area contributed by atoms with Crippen LogP contribution in [0.5, 0.6) is 0 Å². The summed E-state index contributed by atoms with van der Waals surface area (Å²) in [5.74, 6) is 0.586. The highest BCUT2D eigenvalue weighted by Gasteiger charge is 2.13. The van der Waals surface area contributed by atoms with E-state index < -0.39 is 0 Å². The molecule has 1 unspecified atom stereocenters. The van der Waals surface area contributed by atoms with Crippen molar-refractivity contribution in [3.8, 4) is 0 Å². The summed E-state index contributed by atoms with van der Waals surface area (Å²) in [6, 6.07) is 12.7. The Morgan fingerprint density at radius 3 is 2.50 bits per heavy atom. The lowest BCUT2D eigenvalue weighted by atomic mass is 9.95. The fourth-order valence-electron chi connectivity index (χ4n) is 2.49. The van der Waals surface area contributed by atoms with Crippen LogP contribution in [0.4, 0.5) is 0 Å². The van der Waals surface area contributed by atoms with Gasteiger partial charge in [0.15, 0.2) is 0 Å². The lowest BCUT2D eigenvalue weighted by Crippen LogP contribution is -2.22. The maximum absolute atomic E-state index is 6.28. The summed E-state index contributed by atoms with van der Waals surface area (Å²) in [6.07, 6.45) is 3.28. The van der Waals surface area contributed by atoms with Gasteiger partial charge in [-0.1, -0.05) is 36.7 Å². The van der Waals surface area contributed by atoms with Gasteiger partial charge in [0.2, 0.25) is 0 Å². The molecule has 0 bridgehead atoms. The minimum absolute atomic E-state index is 0.586. The Kier molecular flexibility index (Phi) is 6.08. The van der Waals surface area contributed by atoms with Gasteiger partial charge in [-0.15, -0.1) is 11.3 Å². The molecule has 1 N–H and O–H groups in total. The Labute approximate surface area is 131 Å². The molecule has 0 aliphatic carbocycles. The van der Waals surface area contributed by atoms with Crippen LogP contribution < -0.4 is 5.32 Å². The molecule has 2 aromatic rings. The van der Waals surface area contributed by atoms with Crippen LogP contribution in [0, 0.1) is 5.92 Å². The first-order chi connectivity index (χ1) is 9.72. The molecular weight excluding hydrogens is 286 g/mol. The van der Waals surface area contributed by atoms with Gasteiger partial charge in [-0.25, -0.2) is 0 Å². The second kappa shape index (κ2) is 7.82. The molecule has 1 nitrogen and oxygen atoms in total. The van der Waals surface area contributed by atoms with Crippen molar-refractivity contribution in [1.29, 1.82) is 0 Å². The van der Waals surface area contributed by atoms with Crippen LogP contribution in [-0.4, -0.2) is 13.6 Å². The van der Waals surface area contributed by atoms with E-state index >= 15 is 0 Å². The smallest absolute Gasteiger partial charge is 0.0438 e. The van der Waals surface area contributed by atoms with E-state index in [1.54, 1.807) is 0 Å². The summed E-state index contributed by atoms with van der Waals surface area (Å²) in [5.41, 5.74) is 1.25. The highest BCUT2D eigenvalue weighted by molar-refractivity contribution is 7.11. The number of thiophene rings is 1. The molecule has 1 aromatic heterocycles. The van der Waals surface area contributed by atoms with Crippen LogP contribution in [-0.2, 0) is 19.3 Å². The van der Waals surface area contributed by atoms with Crippen LogP contribution >= 0.6 is 22.9 Å². The van der Waals surface area contributed by atoms with Crippen molar-refractivity contribution in [2.45, 2.75) is 26.2 Å². The highest BCUT2D eigenvalue weighted by atomic mass is 35.5. The van der Waals surface area contributed by atoms with Gasteiger partial charge >= 0.3 is 0 Å². The Bertz CT molecular complexity index is 535. The topological polar surface area (TPSA) is 12.0 Å². The highest BCUT2D eigenvalue weighted by Crippen LogP contribution is 2.24. The number of nitrogens with one attached hydrogen (secondary N) is 1. The Balaban J connectivity index is 2.05. The lowest BCUT2D eigenvalue weighted by molar-refractivity contribution is 0.496. The zero-order valence-corrected chi connectivity index (χ0v) is 13.7. The molecule has 3 heteroatoms. The summed E-state index contributed by atoms with van der Waals surface area (Å²) in [6.45, 7) is 3.23. The van der Waals surface area contributed by atoms with Crippen LogP contribution in [0.25, 0.3) is 0 Å². The zero-order chi connectivity index (χ0) is 14.4. The molecule has 1 aromatic carbocycles. The third kappa shape index (κ3) is 4.34. The third-order valence-corrected chi connectivity index (χ3v) is 5.14. The maximum atomic E-state index is 6.28. The van der Waals surface area contributed by atoms with Gasteiger partial charge in [-0.2, -0.15) is 0 Å². The first-order valence-corrected chi connectivity index (χ1v) is 8.38. The van der Waals surface area contributed by atoms with Crippen molar-refractivity contribution >= 4 is 22.9 Å². The first-order valence-electron chi connectivity index (χ1n) is 7.18. The zero-order valence-electron chi connectivity index (χ0n) is 12.2. The minimum Gasteiger partial charge on any atom is -0.319 e. The Hall–Kier alpha value is -0.830. The van der Waals surface area contributed by atoms with Crippen LogP contribution in [0.3, 0.4) is 0 Å². The van der Waals surface area contributed by atoms with Crippen molar-refractivity contribution in [2.24, 2.45) is 5.92 Å². The number of benzene rings is 1. The van der Waals surface area contributed by atoms with Gasteiger partial charge in [0, 0.05) is 14.8 Å². The molecule has 0 aliphatic heterocycles. The summed E-state index contributed by atoms with van der Waals surface area (Å²) >= 11 is 8.22. The van der Waals surface area contributed by atoms with Gasteiger partial charge in [0.1, 0.15) is 0 Å². The summed E-state index contributed by atoms with van der Waals surface area (Å²) < 4.78 is 0. The van der Waals surface area contributed by atoms with E-state index in [2.05, 4.69) is 36.5 Å². The second-order valence-corrected chi connectivity index (χ2v) is 6.81. The molecule has 0 radical (unpaired) electrons. The van der Waals surface area contributed by atoms with E-state index in [1.165, 1.54) is 15.3 Å². The lowest BCUT2D eigenvalue weighted by Gasteiger charge is -2.16. The number of hydrogen-bond acceptors (Lipinski definition) is 2. The average molecular weight is 308 g/mol. The third-order valence-electron chi connectivity index (χ3n) is 3.51. The van der Waals surface area contributed by atoms with Gasteiger partial charge in [0.05, 0.1) is 0 Å². The Morgan fingerprint density at radius 2 is 1.85 bits per heavy atom. The molecule has 0 aliphatic rings. The molecule has 1 atom stereocenters. The van der Waals surface area contributed by atoms with Gasteiger partial charge in [-0.3, -0.25) is 0 Å². The van der Waals surface area contributed by atoms with E-state index in [4.69, 9.17) is 11.6 Å². The molecule has 0 spiro atoms. The van der Waals surface area contributed by atoms with Crippen molar-refractivity contribution < 1.29 is 0 Å². The van der Waals surface area contributed by atoms with E-state index in [0.717, 1.165) is 30.8 Å². The first kappa shape index (κ1) is 15.6. The van der Waals surface area contributed by atoms with Crippen LogP contribution in [0.1, 0.15) is 22.2 Å². The normalized spacial score (nSPS) is 12.6. The number of aryl methyl sites for hydroxylation is 1. The minimum atomic E-state index is 0.586. The van der Waals surface area contributed by atoms with Crippen molar-refractivity contribution in [1.82, 2.24) is 5.32 Å². The van der Waals surface area contributed by atoms with Crippen molar-refractivity contribution in [3.63, 3.8) is 0 Å². The predicted molar refractivity (Wildman–Crippen MR) is 90.0 cm³/mol. The fourth-order valence-corrected chi connectivity index (χ4v) is 3.77. The maximum Gasteiger partial charge on any atom is 0.0438 e. The molecule has 0 amide bonds. The van der Waals surface area contributed by atoms with Crippen molar-refractivity contribution in [3.05, 3.63) is 56.7 Å². The Morgan fingerprint density at radius 1 is 1.10 bits per heavy atom. The largest absolute Gasteiger partial charge is 0.319 e. The number of hydrogen-bond donors (Lipinski definition) is 1. The quantitative estimate of drug-likeness (QED) is 0.789. The van der Waals surface area contributed by atoms with Crippen LogP contribution in [0.2, 0.25) is 5.02 Å². The monoisotopic (exact) mass is 307 g/mol. The van der Waals surface area contributed by atoms with Crippen LogP contribution in [0.15, 0.2) is 36.4 Å². The second-order valence-electron chi connectivity index (χ2n) is 5.14. The molecule has 1 heterocycles. The number of halogens is 1. The van der Waals surface area contributed by atoms with E-state index in [-0.39, 0.29) is 0 Å². The van der Waals surface area contributed by atoms with E-state index in [9.17, 15) is 0 Å². The molecule has 0 fully saturated rings. The predicted octanol–water partition coefficient (Wildman–Crippen LogP) is 4.58. The average Bonchev–Trinajstić information content (AvgIpc) is 2.89. The van der Waals surface area contributed by atoms with Crippen molar-refractivity contribution in [2.75, 3.05) is 13.6 Å². The summed E-state index contributed by atoms with van der Waals surface area (Å²) in [5, 5.41) is 4.19. The van der Waals surface area contributed by atoms with E-state index in [0.29, 0.717) is 5.92 Å². The number of rotatable bonds is 7. The van der Waals surface area contributed by atoms with Gasteiger partial charge in [0.25, 0.3) is 0 Å². The van der Waals surface area contributed by atoms with E-state index in [1.807, 2.05) is 30.5 Å². The van der Waals surface area contributed by atoms with Gasteiger partial charge < -0.3 is 5.32 Å². The molecule has 2 rings (SSSR count). The van der Waals surface area contributed by atoms with Gasteiger partial charge in [-0.05, 0) is 62.5 Å². The summed E-state index contributed by atoms with van der Waals surface area (Å²) in [7, 11) is 2.02. The molecule has 0 saturated carbocycles. The fraction of sp³-hybridized carbons (Fsp3) is 0.412. The molecule has 108 valence electrons. The standard InChI is InChI=1S/C17H22ClNS/c1-3-15-8-9-16(20-15)11-13(12-19-2)10-14-6-4-5-7-17(14)18/h4-9,13,19H,3,10-12H2,1-2H3.